The van der Waals surface area contributed by atoms with Crippen LogP contribution in [0.3, 0.4) is 0 Å². The van der Waals surface area contributed by atoms with Crippen LogP contribution in [-0.4, -0.2) is 36.1 Å². The predicted octanol–water partition coefficient (Wildman–Crippen LogP) is 4.08. The first-order valence-electron chi connectivity index (χ1n) is 8.56. The van der Waals surface area contributed by atoms with Gasteiger partial charge in [-0.2, -0.15) is 0 Å². The molecule has 5 heteroatoms. The van der Waals surface area contributed by atoms with Crippen LogP contribution in [0.5, 0.6) is 0 Å². The van der Waals surface area contributed by atoms with E-state index < -0.39 is 5.79 Å². The van der Waals surface area contributed by atoms with E-state index in [0.717, 1.165) is 32.0 Å². The zero-order valence-electron chi connectivity index (χ0n) is 14.7. The molecule has 1 aliphatic rings. The van der Waals surface area contributed by atoms with Gasteiger partial charge in [-0.05, 0) is 33.6 Å². The van der Waals surface area contributed by atoms with E-state index in [4.69, 9.17) is 9.47 Å². The van der Waals surface area contributed by atoms with Gasteiger partial charge >= 0.3 is 0 Å². The summed E-state index contributed by atoms with van der Waals surface area (Å²) in [5.74, 6) is -0.412. The summed E-state index contributed by atoms with van der Waals surface area (Å²) in [7, 11) is 0. The maximum absolute atomic E-state index is 10.9. The highest BCUT2D eigenvalue weighted by molar-refractivity contribution is 7.98. The Hall–Kier alpha value is -0.100. The molecule has 0 aromatic carbocycles. The molecule has 0 unspecified atom stereocenters. The molecule has 0 amide bonds. The highest BCUT2D eigenvalue weighted by atomic mass is 32.2. The quantitative estimate of drug-likeness (QED) is 0.351. The van der Waals surface area contributed by atoms with Crippen LogP contribution in [0.4, 0.5) is 0 Å². The summed E-state index contributed by atoms with van der Waals surface area (Å²) >= 11 is 1.69. The first-order valence-corrected chi connectivity index (χ1v) is 9.37. The molecule has 1 fully saturated rings. The molecule has 22 heavy (non-hydrogen) atoms. The molecular formula is C17H33NO3S. The summed E-state index contributed by atoms with van der Waals surface area (Å²) in [6, 6.07) is 0.178. The largest absolute Gasteiger partial charge is 0.348 e. The SMILES string of the molecule is CCCCCC1(CC[C@@H](CC=O)NSC(C)(C)C)OCCO1. The number of nitrogens with one attached hydrogen (secondary N) is 1. The average Bonchev–Trinajstić information content (AvgIpc) is 2.91. The highest BCUT2D eigenvalue weighted by Crippen LogP contribution is 2.32. The van der Waals surface area contributed by atoms with Gasteiger partial charge in [-0.1, -0.05) is 31.7 Å². The maximum atomic E-state index is 10.9. The Morgan fingerprint density at radius 1 is 1.23 bits per heavy atom. The number of carbonyl (C=O) groups excluding carboxylic acids is 1. The molecule has 0 radical (unpaired) electrons. The van der Waals surface area contributed by atoms with Crippen LogP contribution in [0.1, 0.15) is 72.6 Å². The summed E-state index contributed by atoms with van der Waals surface area (Å²) in [6.07, 6.45) is 7.80. The van der Waals surface area contributed by atoms with Crippen molar-refractivity contribution in [3.8, 4) is 0 Å². The molecule has 1 saturated heterocycles. The monoisotopic (exact) mass is 331 g/mol. The number of unbranched alkanes of at least 4 members (excludes halogenated alkanes) is 2. The molecular weight excluding hydrogens is 298 g/mol. The molecule has 0 aliphatic carbocycles. The molecule has 130 valence electrons. The van der Waals surface area contributed by atoms with E-state index in [1.165, 1.54) is 12.8 Å². The van der Waals surface area contributed by atoms with Gasteiger partial charge in [0, 0.05) is 30.1 Å². The molecule has 1 atom stereocenters. The molecule has 0 saturated carbocycles. The van der Waals surface area contributed by atoms with E-state index in [-0.39, 0.29) is 10.8 Å². The first-order chi connectivity index (χ1) is 10.4. The van der Waals surface area contributed by atoms with Gasteiger partial charge < -0.3 is 14.3 Å². The van der Waals surface area contributed by atoms with Crippen molar-refractivity contribution in [3.05, 3.63) is 0 Å². The molecule has 1 aliphatic heterocycles. The minimum absolute atomic E-state index is 0.139. The number of carbonyl (C=O) groups is 1. The molecule has 0 spiro atoms. The molecule has 1 rings (SSSR count). The summed E-state index contributed by atoms with van der Waals surface area (Å²) < 4.78 is 15.4. The van der Waals surface area contributed by atoms with Gasteiger partial charge in [0.05, 0.1) is 13.2 Å². The second-order valence-corrected chi connectivity index (χ2v) is 8.70. The smallest absolute Gasteiger partial charge is 0.168 e. The lowest BCUT2D eigenvalue weighted by atomic mass is 9.99. The van der Waals surface area contributed by atoms with Crippen LogP contribution in [0.25, 0.3) is 0 Å². The van der Waals surface area contributed by atoms with Crippen molar-refractivity contribution in [1.29, 1.82) is 0 Å². The van der Waals surface area contributed by atoms with E-state index >= 15 is 0 Å². The fourth-order valence-corrected chi connectivity index (χ4v) is 3.28. The van der Waals surface area contributed by atoms with E-state index in [9.17, 15) is 4.79 Å². The average molecular weight is 332 g/mol. The number of hydrogen-bond donors (Lipinski definition) is 1. The molecule has 0 bridgehead atoms. The van der Waals surface area contributed by atoms with Crippen molar-refractivity contribution in [3.63, 3.8) is 0 Å². The van der Waals surface area contributed by atoms with Crippen LogP contribution in [0, 0.1) is 0 Å². The minimum atomic E-state index is -0.412. The third-order valence-corrected chi connectivity index (χ3v) is 4.82. The van der Waals surface area contributed by atoms with E-state index in [2.05, 4.69) is 32.4 Å². The first kappa shape index (κ1) is 19.9. The Morgan fingerprint density at radius 2 is 1.91 bits per heavy atom. The second kappa shape index (κ2) is 9.91. The number of ether oxygens (including phenoxy) is 2. The molecule has 1 N–H and O–H groups in total. The van der Waals surface area contributed by atoms with Gasteiger partial charge in [0.15, 0.2) is 5.79 Å². The molecule has 0 aromatic rings. The Morgan fingerprint density at radius 3 is 2.45 bits per heavy atom. The van der Waals surface area contributed by atoms with Crippen LogP contribution < -0.4 is 4.72 Å². The molecule has 0 aromatic heterocycles. The summed E-state index contributed by atoms with van der Waals surface area (Å²) in [5, 5.41) is 0. The Labute approximate surface area is 140 Å². The van der Waals surface area contributed by atoms with E-state index in [1.54, 1.807) is 11.9 Å². The van der Waals surface area contributed by atoms with Crippen LogP contribution in [-0.2, 0) is 14.3 Å². The summed E-state index contributed by atoms with van der Waals surface area (Å²) in [4.78, 5) is 10.9. The van der Waals surface area contributed by atoms with Gasteiger partial charge in [-0.25, -0.2) is 0 Å². The third-order valence-electron chi connectivity index (χ3n) is 3.76. The van der Waals surface area contributed by atoms with Crippen molar-refractivity contribution in [1.82, 2.24) is 4.72 Å². The molecule has 4 nitrogen and oxygen atoms in total. The fourth-order valence-electron chi connectivity index (χ4n) is 2.55. The number of rotatable bonds is 11. The maximum Gasteiger partial charge on any atom is 0.168 e. The Kier molecular flexibility index (Phi) is 8.98. The van der Waals surface area contributed by atoms with Gasteiger partial charge in [-0.3, -0.25) is 4.72 Å². The van der Waals surface area contributed by atoms with Crippen molar-refractivity contribution < 1.29 is 14.3 Å². The summed E-state index contributed by atoms with van der Waals surface area (Å²) in [6.45, 7) is 10.1. The Balaban J connectivity index is 2.46. The molecule has 1 heterocycles. The Bertz CT molecular complexity index is 312. The van der Waals surface area contributed by atoms with Crippen molar-refractivity contribution >= 4 is 18.2 Å². The highest BCUT2D eigenvalue weighted by Gasteiger charge is 2.36. The minimum Gasteiger partial charge on any atom is -0.348 e. The number of aldehydes is 1. The summed E-state index contributed by atoms with van der Waals surface area (Å²) in [5.41, 5.74) is 0. The van der Waals surface area contributed by atoms with Crippen molar-refractivity contribution in [2.45, 2.75) is 89.2 Å². The zero-order valence-corrected chi connectivity index (χ0v) is 15.5. The van der Waals surface area contributed by atoms with Crippen LogP contribution >= 0.6 is 11.9 Å². The van der Waals surface area contributed by atoms with E-state index in [0.29, 0.717) is 19.6 Å². The standard InChI is InChI=1S/C17H33NO3S/c1-5-6-7-10-17(20-13-14-21-17)11-8-15(9-12-19)18-22-16(2,3)4/h12,15,18H,5-11,13-14H2,1-4H3/t15-/m0/s1. The van der Waals surface area contributed by atoms with Gasteiger partial charge in [0.2, 0.25) is 0 Å². The van der Waals surface area contributed by atoms with Crippen molar-refractivity contribution in [2.75, 3.05) is 13.2 Å². The van der Waals surface area contributed by atoms with Crippen LogP contribution in [0.2, 0.25) is 0 Å². The lowest BCUT2D eigenvalue weighted by Gasteiger charge is -2.30. The third kappa shape index (κ3) is 7.95. The fraction of sp³-hybridized carbons (Fsp3) is 0.941. The number of hydrogen-bond acceptors (Lipinski definition) is 5. The lowest BCUT2D eigenvalue weighted by Crippen LogP contribution is -2.35. The van der Waals surface area contributed by atoms with Gasteiger partial charge in [-0.15, -0.1) is 0 Å². The van der Waals surface area contributed by atoms with E-state index in [1.807, 2.05) is 0 Å². The second-order valence-electron chi connectivity index (χ2n) is 7.03. The topological polar surface area (TPSA) is 47.6 Å². The van der Waals surface area contributed by atoms with Gasteiger partial charge in [0.1, 0.15) is 6.29 Å². The predicted molar refractivity (Wildman–Crippen MR) is 93.0 cm³/mol. The van der Waals surface area contributed by atoms with Gasteiger partial charge in [0.25, 0.3) is 0 Å². The van der Waals surface area contributed by atoms with Crippen molar-refractivity contribution in [2.24, 2.45) is 0 Å². The normalized spacial score (nSPS) is 19.3. The zero-order chi connectivity index (χ0) is 16.5. The lowest BCUT2D eigenvalue weighted by molar-refractivity contribution is -0.169. The van der Waals surface area contributed by atoms with Crippen LogP contribution in [0.15, 0.2) is 0 Å².